The molecule has 2 spiro atoms. The Morgan fingerprint density at radius 3 is 2.13 bits per heavy atom. The van der Waals surface area contributed by atoms with Gasteiger partial charge in [-0.1, -0.05) is 6.92 Å². The van der Waals surface area contributed by atoms with E-state index in [4.69, 9.17) is 10.00 Å². The second kappa shape index (κ2) is 8.88. The first-order valence-corrected chi connectivity index (χ1v) is 14.7. The fraction of sp³-hybridized carbons (Fsp3) is 0.562. The zero-order valence-corrected chi connectivity index (χ0v) is 23.5. The van der Waals surface area contributed by atoms with Gasteiger partial charge >= 0.3 is 0 Å². The number of rotatable bonds is 4. The molecule has 5 aliphatic rings. The number of aliphatic imine (C=N–C) groups is 1. The van der Waals surface area contributed by atoms with Gasteiger partial charge in [-0.25, -0.2) is 0 Å². The monoisotopic (exact) mass is 528 g/mol. The van der Waals surface area contributed by atoms with Crippen LogP contribution in [0.2, 0.25) is 0 Å². The van der Waals surface area contributed by atoms with Gasteiger partial charge in [-0.2, -0.15) is 10.3 Å². The highest BCUT2D eigenvalue weighted by Gasteiger charge is 2.76. The Bertz CT molecular complexity index is 1330. The third kappa shape index (κ3) is 3.18. The lowest BCUT2D eigenvalue weighted by atomic mass is 9.46. The van der Waals surface area contributed by atoms with E-state index < -0.39 is 0 Å². The molecule has 0 N–H and O–H groups in total. The van der Waals surface area contributed by atoms with Crippen molar-refractivity contribution in [1.82, 2.24) is 0 Å². The summed E-state index contributed by atoms with van der Waals surface area (Å²) in [7, 11) is 1.70. The van der Waals surface area contributed by atoms with Crippen LogP contribution in [0.15, 0.2) is 35.3 Å². The lowest BCUT2D eigenvalue weighted by molar-refractivity contribution is -0.139. The standard InChI is InChI=1S/C30H34O3S.C2H2N2/c1-15-24-12-25(18-5-7-23(33-4)8-6-18)34-28(24)30(27(17(3)32)26(15)16(2)31)21-10-19-9-20-11-22(30)14-29(19,20)13-21;1-4-2-3/h5-8,12,15,19-22,26-27H,9-11,13-14H2,1-4H3;1H2. The topological polar surface area (TPSA) is 79.5 Å². The van der Waals surface area contributed by atoms with Crippen LogP contribution >= 0.6 is 11.3 Å². The quantitative estimate of drug-likeness (QED) is 0.322. The van der Waals surface area contributed by atoms with Gasteiger partial charge in [0.1, 0.15) is 17.3 Å². The average Bonchev–Trinajstić information content (AvgIpc) is 3.53. The predicted molar refractivity (Wildman–Crippen MR) is 149 cm³/mol. The maximum Gasteiger partial charge on any atom is 0.205 e. The lowest BCUT2D eigenvalue weighted by Crippen LogP contribution is -2.58. The number of thiophene rings is 1. The summed E-state index contributed by atoms with van der Waals surface area (Å²) in [5.74, 6) is 3.85. The Morgan fingerprint density at radius 2 is 1.63 bits per heavy atom. The number of hydrogen-bond acceptors (Lipinski definition) is 6. The molecule has 198 valence electrons. The van der Waals surface area contributed by atoms with Crippen molar-refractivity contribution in [3.05, 3.63) is 40.8 Å². The molecule has 6 heteroatoms. The summed E-state index contributed by atoms with van der Waals surface area (Å²) in [5, 5.41) is 7.40. The lowest BCUT2D eigenvalue weighted by Gasteiger charge is -2.57. The first-order chi connectivity index (χ1) is 18.2. The molecule has 1 aromatic carbocycles. The Kier molecular flexibility index (Phi) is 5.96. The second-order valence-corrected chi connectivity index (χ2v) is 13.5. The number of hydrogen-bond donors (Lipinski definition) is 0. The minimum atomic E-state index is -0.201. The van der Waals surface area contributed by atoms with Crippen molar-refractivity contribution in [2.24, 2.45) is 45.9 Å². The molecule has 5 nitrogen and oxygen atoms in total. The molecule has 4 fully saturated rings. The number of ketones is 2. The van der Waals surface area contributed by atoms with Crippen LogP contribution in [0.25, 0.3) is 10.4 Å². The minimum absolute atomic E-state index is 0.0827. The highest BCUT2D eigenvalue weighted by atomic mass is 32.1. The van der Waals surface area contributed by atoms with Crippen molar-refractivity contribution >= 4 is 29.6 Å². The third-order valence-corrected chi connectivity index (χ3v) is 12.7. The summed E-state index contributed by atoms with van der Waals surface area (Å²) in [6, 6.07) is 10.7. The SMILES string of the molecule is C=NC#N.COc1ccc(-c2cc3c(s2)C2(C4CC5CC6CC2CC56C4)C(C(C)=O)C(C(C)=O)C3C)cc1. The van der Waals surface area contributed by atoms with Gasteiger partial charge in [-0.05, 0) is 122 Å². The molecule has 38 heavy (non-hydrogen) atoms. The average molecular weight is 529 g/mol. The molecule has 0 aliphatic heterocycles. The predicted octanol–water partition coefficient (Wildman–Crippen LogP) is 6.81. The molecule has 3 bridgehead atoms. The van der Waals surface area contributed by atoms with Crippen molar-refractivity contribution in [2.75, 3.05) is 7.11 Å². The fourth-order valence-corrected chi connectivity index (χ4v) is 11.8. The van der Waals surface area contributed by atoms with E-state index in [-0.39, 0.29) is 34.7 Å². The van der Waals surface area contributed by atoms with Gasteiger partial charge in [0.05, 0.1) is 7.11 Å². The zero-order valence-electron chi connectivity index (χ0n) is 22.7. The van der Waals surface area contributed by atoms with Crippen LogP contribution in [0.4, 0.5) is 0 Å². The van der Waals surface area contributed by atoms with Gasteiger partial charge in [-0.3, -0.25) is 9.59 Å². The van der Waals surface area contributed by atoms with E-state index in [1.807, 2.05) is 23.5 Å². The smallest absolute Gasteiger partial charge is 0.205 e. The maximum absolute atomic E-state index is 13.6. The van der Waals surface area contributed by atoms with E-state index in [1.54, 1.807) is 21.0 Å². The molecule has 7 unspecified atom stereocenters. The van der Waals surface area contributed by atoms with Crippen molar-refractivity contribution in [2.45, 2.75) is 64.2 Å². The van der Waals surface area contributed by atoms with E-state index >= 15 is 0 Å². The van der Waals surface area contributed by atoms with E-state index in [2.05, 4.69) is 36.8 Å². The highest BCUT2D eigenvalue weighted by Crippen LogP contribution is 2.82. The van der Waals surface area contributed by atoms with Crippen LogP contribution in [0.1, 0.15) is 69.2 Å². The number of benzene rings is 1. The number of methoxy groups -OCH3 is 1. The van der Waals surface area contributed by atoms with E-state index in [0.29, 0.717) is 17.3 Å². The normalized spacial score (nSPS) is 38.8. The van der Waals surface area contributed by atoms with Crippen molar-refractivity contribution in [3.8, 4) is 22.4 Å². The summed E-state index contributed by atoms with van der Waals surface area (Å²) in [6.07, 6.45) is 7.97. The van der Waals surface area contributed by atoms with Gasteiger partial charge in [0.15, 0.2) is 0 Å². The number of ether oxygens (including phenoxy) is 1. The molecule has 7 rings (SSSR count). The maximum atomic E-state index is 13.6. The highest BCUT2D eigenvalue weighted by molar-refractivity contribution is 7.15. The van der Waals surface area contributed by atoms with Crippen LogP contribution in [0.3, 0.4) is 0 Å². The molecule has 1 aromatic heterocycles. The summed E-state index contributed by atoms with van der Waals surface area (Å²) < 4.78 is 5.38. The number of fused-ring (bicyclic) bond motifs is 6. The molecule has 4 saturated carbocycles. The Labute approximate surface area is 229 Å². The van der Waals surface area contributed by atoms with Gasteiger partial charge in [0.2, 0.25) is 6.19 Å². The number of carbonyl (C=O) groups is 2. The molecule has 5 aliphatic carbocycles. The fourth-order valence-electron chi connectivity index (χ4n) is 10.2. The van der Waals surface area contributed by atoms with Crippen LogP contribution in [-0.2, 0) is 15.0 Å². The van der Waals surface area contributed by atoms with Crippen molar-refractivity contribution < 1.29 is 14.3 Å². The van der Waals surface area contributed by atoms with Crippen LogP contribution in [0.5, 0.6) is 5.75 Å². The summed E-state index contributed by atoms with van der Waals surface area (Å²) in [5.41, 5.74) is 2.99. The first-order valence-electron chi connectivity index (χ1n) is 13.9. The Morgan fingerprint density at radius 1 is 1.05 bits per heavy atom. The molecular weight excluding hydrogens is 492 g/mol. The molecule has 1 heterocycles. The number of carbonyl (C=O) groups excluding carboxylic acids is 2. The summed E-state index contributed by atoms with van der Waals surface area (Å²) >= 11 is 1.93. The molecule has 0 radical (unpaired) electrons. The summed E-state index contributed by atoms with van der Waals surface area (Å²) in [4.78, 5) is 32.3. The second-order valence-electron chi connectivity index (χ2n) is 12.5. The van der Waals surface area contributed by atoms with E-state index in [1.165, 1.54) is 59.2 Å². The molecular formula is C32H36N2O3S. The molecule has 2 aromatic rings. The van der Waals surface area contributed by atoms with Gasteiger partial charge in [-0.15, -0.1) is 11.3 Å². The van der Waals surface area contributed by atoms with E-state index in [0.717, 1.165) is 17.6 Å². The van der Waals surface area contributed by atoms with Crippen molar-refractivity contribution in [3.63, 3.8) is 0 Å². The molecule has 0 amide bonds. The van der Waals surface area contributed by atoms with Crippen LogP contribution in [-0.4, -0.2) is 25.4 Å². The first kappa shape index (κ1) is 25.5. The largest absolute Gasteiger partial charge is 0.497 e. The number of Topliss-reactive ketones (excluding diaryl/α,β-unsaturated/α-hetero) is 2. The van der Waals surface area contributed by atoms with Gasteiger partial charge < -0.3 is 4.74 Å². The van der Waals surface area contributed by atoms with Crippen LogP contribution < -0.4 is 4.74 Å². The Balaban J connectivity index is 0.000000620. The molecule has 0 saturated heterocycles. The third-order valence-electron chi connectivity index (χ3n) is 11.3. The van der Waals surface area contributed by atoms with Crippen molar-refractivity contribution in [1.29, 1.82) is 5.26 Å². The van der Waals surface area contributed by atoms with Crippen LogP contribution in [0, 0.1) is 52.4 Å². The molecule has 7 atom stereocenters. The number of nitrogens with zero attached hydrogens (tertiary/aromatic N) is 2. The zero-order chi connectivity index (χ0) is 27.0. The minimum Gasteiger partial charge on any atom is -0.497 e. The van der Waals surface area contributed by atoms with E-state index in [9.17, 15) is 9.59 Å². The van der Waals surface area contributed by atoms with Gasteiger partial charge in [0.25, 0.3) is 0 Å². The number of nitriles is 1. The van der Waals surface area contributed by atoms with Gasteiger partial charge in [0, 0.05) is 33.7 Å². The Hall–Kier alpha value is -2.78. The summed E-state index contributed by atoms with van der Waals surface area (Å²) in [6.45, 7) is 8.59.